The molecule has 0 fully saturated rings. The van der Waals surface area contributed by atoms with Crippen LogP contribution in [0, 0.1) is 10.1 Å². The highest BCUT2D eigenvalue weighted by molar-refractivity contribution is 7.16. The van der Waals surface area contributed by atoms with Gasteiger partial charge < -0.3 is 10.0 Å². The Kier molecular flexibility index (Phi) is 3.96. The van der Waals surface area contributed by atoms with Crippen molar-refractivity contribution in [3.8, 4) is 0 Å². The zero-order chi connectivity index (χ0) is 14.0. The number of nitrogens with zero attached hydrogens (tertiary/aromatic N) is 3. The SMILES string of the molecule is CC(O)CCN(C)c1ccc2scnc2c1[N+](=O)[O-]. The summed E-state index contributed by atoms with van der Waals surface area (Å²) in [6.45, 7) is 2.25. The van der Waals surface area contributed by atoms with Crippen molar-refractivity contribution in [2.45, 2.75) is 19.4 Å². The second-order valence-corrected chi connectivity index (χ2v) is 5.34. The number of thiazole rings is 1. The zero-order valence-corrected chi connectivity index (χ0v) is 11.6. The maximum Gasteiger partial charge on any atom is 0.319 e. The lowest BCUT2D eigenvalue weighted by Gasteiger charge is -2.19. The Balaban J connectivity index is 2.41. The van der Waals surface area contributed by atoms with E-state index in [0.717, 1.165) is 4.70 Å². The van der Waals surface area contributed by atoms with Gasteiger partial charge in [-0.15, -0.1) is 11.3 Å². The molecule has 0 saturated carbocycles. The molecule has 0 spiro atoms. The molecule has 1 aromatic heterocycles. The molecule has 1 unspecified atom stereocenters. The van der Waals surface area contributed by atoms with Crippen molar-refractivity contribution >= 4 is 32.9 Å². The quantitative estimate of drug-likeness (QED) is 0.672. The first-order valence-corrected chi connectivity index (χ1v) is 6.78. The van der Waals surface area contributed by atoms with Gasteiger partial charge in [-0.25, -0.2) is 4.98 Å². The second kappa shape index (κ2) is 5.50. The fourth-order valence-electron chi connectivity index (χ4n) is 1.90. The number of fused-ring (bicyclic) bond motifs is 1. The predicted octanol–water partition coefficient (Wildman–Crippen LogP) is 2.41. The zero-order valence-electron chi connectivity index (χ0n) is 10.7. The van der Waals surface area contributed by atoms with E-state index in [0.29, 0.717) is 24.2 Å². The second-order valence-electron chi connectivity index (χ2n) is 4.45. The normalized spacial score (nSPS) is 12.6. The van der Waals surface area contributed by atoms with Crippen molar-refractivity contribution in [2.75, 3.05) is 18.5 Å². The fourth-order valence-corrected chi connectivity index (χ4v) is 2.57. The van der Waals surface area contributed by atoms with Crippen LogP contribution in [0.4, 0.5) is 11.4 Å². The summed E-state index contributed by atoms with van der Waals surface area (Å²) in [6.07, 6.45) is 0.132. The minimum Gasteiger partial charge on any atom is -0.393 e. The van der Waals surface area contributed by atoms with Gasteiger partial charge in [0.05, 0.1) is 21.2 Å². The number of rotatable bonds is 5. The van der Waals surface area contributed by atoms with Gasteiger partial charge in [0.1, 0.15) is 5.69 Å². The molecule has 2 aromatic rings. The highest BCUT2D eigenvalue weighted by Gasteiger charge is 2.23. The number of anilines is 1. The smallest absolute Gasteiger partial charge is 0.319 e. The number of benzene rings is 1. The molecule has 1 aromatic carbocycles. The molecule has 0 aliphatic heterocycles. The minimum absolute atomic E-state index is 0.0341. The van der Waals surface area contributed by atoms with E-state index < -0.39 is 11.0 Å². The summed E-state index contributed by atoms with van der Waals surface area (Å²) >= 11 is 1.38. The first-order chi connectivity index (χ1) is 9.00. The summed E-state index contributed by atoms with van der Waals surface area (Å²) in [5.41, 5.74) is 2.60. The van der Waals surface area contributed by atoms with Crippen molar-refractivity contribution in [3.63, 3.8) is 0 Å². The number of hydrogen-bond donors (Lipinski definition) is 1. The molecule has 102 valence electrons. The molecule has 19 heavy (non-hydrogen) atoms. The van der Waals surface area contributed by atoms with E-state index in [1.807, 2.05) is 6.07 Å². The Morgan fingerprint density at radius 3 is 2.95 bits per heavy atom. The Morgan fingerprint density at radius 2 is 2.32 bits per heavy atom. The van der Waals surface area contributed by atoms with Crippen molar-refractivity contribution in [1.82, 2.24) is 4.98 Å². The third-order valence-electron chi connectivity index (χ3n) is 2.93. The summed E-state index contributed by atoms with van der Waals surface area (Å²) < 4.78 is 0.805. The fraction of sp³-hybridized carbons (Fsp3) is 0.417. The molecule has 7 heteroatoms. The molecule has 1 atom stereocenters. The summed E-state index contributed by atoms with van der Waals surface area (Å²) in [4.78, 5) is 16.7. The van der Waals surface area contributed by atoms with Crippen LogP contribution in [0.3, 0.4) is 0 Å². The molecule has 0 saturated heterocycles. The molecule has 2 rings (SSSR count). The molecular weight excluding hydrogens is 266 g/mol. The molecule has 0 aliphatic carbocycles. The molecular formula is C12H15N3O3S. The van der Waals surface area contributed by atoms with Crippen LogP contribution in [0.15, 0.2) is 17.6 Å². The van der Waals surface area contributed by atoms with E-state index in [-0.39, 0.29) is 5.69 Å². The molecule has 0 aliphatic rings. The maximum atomic E-state index is 11.3. The van der Waals surface area contributed by atoms with Gasteiger partial charge in [0.25, 0.3) is 0 Å². The maximum absolute atomic E-state index is 11.3. The van der Waals surface area contributed by atoms with E-state index in [1.54, 1.807) is 30.4 Å². The van der Waals surface area contributed by atoms with Gasteiger partial charge in [-0.2, -0.15) is 0 Å². The highest BCUT2D eigenvalue weighted by atomic mass is 32.1. The monoisotopic (exact) mass is 281 g/mol. The van der Waals surface area contributed by atoms with Gasteiger partial charge in [0.15, 0.2) is 5.52 Å². The minimum atomic E-state index is -0.426. The Morgan fingerprint density at radius 1 is 1.58 bits per heavy atom. The van der Waals surface area contributed by atoms with Gasteiger partial charge >= 0.3 is 5.69 Å². The van der Waals surface area contributed by atoms with Crippen molar-refractivity contribution < 1.29 is 10.0 Å². The Labute approximate surface area is 114 Å². The number of nitro benzene ring substituents is 1. The van der Waals surface area contributed by atoms with Crippen LogP contribution in [0.25, 0.3) is 10.2 Å². The van der Waals surface area contributed by atoms with Crippen molar-refractivity contribution in [2.24, 2.45) is 0 Å². The lowest BCUT2D eigenvalue weighted by Crippen LogP contribution is -2.22. The molecule has 6 nitrogen and oxygen atoms in total. The van der Waals surface area contributed by atoms with Crippen LogP contribution in [-0.2, 0) is 0 Å². The topological polar surface area (TPSA) is 79.5 Å². The predicted molar refractivity (Wildman–Crippen MR) is 75.8 cm³/mol. The lowest BCUT2D eigenvalue weighted by molar-refractivity contribution is -0.382. The summed E-state index contributed by atoms with van der Waals surface area (Å²) in [7, 11) is 1.78. The average Bonchev–Trinajstić information content (AvgIpc) is 2.82. The van der Waals surface area contributed by atoms with Crippen LogP contribution in [-0.4, -0.2) is 34.7 Å². The first kappa shape index (κ1) is 13.7. The largest absolute Gasteiger partial charge is 0.393 e. The lowest BCUT2D eigenvalue weighted by atomic mass is 10.2. The number of aromatic nitrogens is 1. The summed E-state index contributed by atoms with van der Waals surface area (Å²) in [6, 6.07) is 3.58. The molecule has 1 heterocycles. The van der Waals surface area contributed by atoms with E-state index in [1.165, 1.54) is 11.3 Å². The van der Waals surface area contributed by atoms with Gasteiger partial charge in [-0.3, -0.25) is 10.1 Å². The third kappa shape index (κ3) is 2.82. The molecule has 1 N–H and O–H groups in total. The van der Waals surface area contributed by atoms with E-state index in [9.17, 15) is 15.2 Å². The standard InChI is InChI=1S/C12H15N3O3S/c1-8(16)5-6-14(2)9-3-4-10-11(13-7-19-10)12(9)15(17)18/h3-4,7-8,16H,5-6H2,1-2H3. The molecule has 0 radical (unpaired) electrons. The first-order valence-electron chi connectivity index (χ1n) is 5.90. The number of aliphatic hydroxyl groups is 1. The van der Waals surface area contributed by atoms with Crippen LogP contribution in [0.1, 0.15) is 13.3 Å². The van der Waals surface area contributed by atoms with Gasteiger partial charge in [0, 0.05) is 13.6 Å². The van der Waals surface area contributed by atoms with Gasteiger partial charge in [-0.1, -0.05) is 0 Å². The van der Waals surface area contributed by atoms with E-state index >= 15 is 0 Å². The van der Waals surface area contributed by atoms with Crippen LogP contribution >= 0.6 is 11.3 Å². The Hall–Kier alpha value is -1.73. The summed E-state index contributed by atoms with van der Waals surface area (Å²) in [5.74, 6) is 0. The van der Waals surface area contributed by atoms with Crippen LogP contribution in [0.2, 0.25) is 0 Å². The number of hydrogen-bond acceptors (Lipinski definition) is 6. The number of aliphatic hydroxyl groups excluding tert-OH is 1. The molecule has 0 amide bonds. The highest BCUT2D eigenvalue weighted by Crippen LogP contribution is 2.36. The van der Waals surface area contributed by atoms with E-state index in [4.69, 9.17) is 0 Å². The van der Waals surface area contributed by atoms with Crippen molar-refractivity contribution in [1.29, 1.82) is 0 Å². The van der Waals surface area contributed by atoms with E-state index in [2.05, 4.69) is 4.98 Å². The van der Waals surface area contributed by atoms with Crippen LogP contribution < -0.4 is 4.90 Å². The third-order valence-corrected chi connectivity index (χ3v) is 3.72. The van der Waals surface area contributed by atoms with Crippen molar-refractivity contribution in [3.05, 3.63) is 27.8 Å². The van der Waals surface area contributed by atoms with Gasteiger partial charge in [0.2, 0.25) is 0 Å². The number of nitro groups is 1. The average molecular weight is 281 g/mol. The van der Waals surface area contributed by atoms with Gasteiger partial charge in [-0.05, 0) is 25.5 Å². The van der Waals surface area contributed by atoms with Crippen LogP contribution in [0.5, 0.6) is 0 Å². The summed E-state index contributed by atoms with van der Waals surface area (Å²) in [5, 5.41) is 20.6. The molecule has 0 bridgehead atoms. The Bertz CT molecular complexity index is 597.